The van der Waals surface area contributed by atoms with Crippen LogP contribution in [0, 0.1) is 5.92 Å². The van der Waals surface area contributed by atoms with Crippen molar-refractivity contribution < 1.29 is 13.2 Å². The Morgan fingerprint density at radius 1 is 1.27 bits per heavy atom. The lowest BCUT2D eigenvalue weighted by Crippen LogP contribution is -2.52. The van der Waals surface area contributed by atoms with E-state index in [0.29, 0.717) is 13.1 Å². The Hall–Kier alpha value is -1.48. The van der Waals surface area contributed by atoms with Crippen molar-refractivity contribution in [2.75, 3.05) is 13.1 Å². The summed E-state index contributed by atoms with van der Waals surface area (Å²) in [5.74, 6) is -0.817. The van der Waals surface area contributed by atoms with Crippen LogP contribution in [-0.4, -0.2) is 43.8 Å². The van der Waals surface area contributed by atoms with Crippen LogP contribution in [0.15, 0.2) is 35.2 Å². The highest BCUT2D eigenvalue weighted by Gasteiger charge is 2.45. The van der Waals surface area contributed by atoms with Gasteiger partial charge in [0.25, 0.3) is 0 Å². The molecular formula is C14H20N4O3S. The molecule has 8 heteroatoms. The molecular weight excluding hydrogens is 304 g/mol. The van der Waals surface area contributed by atoms with Crippen LogP contribution < -0.4 is 16.6 Å². The van der Waals surface area contributed by atoms with Crippen molar-refractivity contribution >= 4 is 15.9 Å². The third-order valence-corrected chi connectivity index (χ3v) is 6.34. The summed E-state index contributed by atoms with van der Waals surface area (Å²) in [5, 5.41) is 0. The standard InChI is InChI=1S/C14H20N4O3S/c15-14(19)11-9-16-17-13(11)12-7-4-8-18(12)22(20,21)10-5-2-1-3-6-10/h1-3,5-6,11-13,16-17H,4,7-9H2,(H2,15,19). The minimum atomic E-state index is -3.56. The topological polar surface area (TPSA) is 105 Å². The van der Waals surface area contributed by atoms with Gasteiger partial charge in [0, 0.05) is 19.1 Å². The average Bonchev–Trinajstić information content (AvgIpc) is 3.16. The van der Waals surface area contributed by atoms with E-state index in [2.05, 4.69) is 10.9 Å². The summed E-state index contributed by atoms with van der Waals surface area (Å²) in [7, 11) is -3.56. The lowest BCUT2D eigenvalue weighted by Gasteiger charge is -2.30. The number of hydrazine groups is 1. The summed E-state index contributed by atoms with van der Waals surface area (Å²) in [6.45, 7) is 0.890. The van der Waals surface area contributed by atoms with E-state index in [1.54, 1.807) is 30.3 Å². The summed E-state index contributed by atoms with van der Waals surface area (Å²) < 4.78 is 27.2. The van der Waals surface area contributed by atoms with Crippen molar-refractivity contribution in [2.45, 2.75) is 29.8 Å². The fraction of sp³-hybridized carbons (Fsp3) is 0.500. The van der Waals surface area contributed by atoms with Crippen LogP contribution >= 0.6 is 0 Å². The van der Waals surface area contributed by atoms with Crippen molar-refractivity contribution in [3.05, 3.63) is 30.3 Å². The highest BCUT2D eigenvalue weighted by Crippen LogP contribution is 2.30. The Labute approximate surface area is 129 Å². The molecule has 0 saturated carbocycles. The summed E-state index contributed by atoms with van der Waals surface area (Å²) >= 11 is 0. The van der Waals surface area contributed by atoms with Crippen molar-refractivity contribution in [3.63, 3.8) is 0 Å². The minimum absolute atomic E-state index is 0.266. The van der Waals surface area contributed by atoms with Crippen LogP contribution in [0.5, 0.6) is 0 Å². The van der Waals surface area contributed by atoms with E-state index in [-0.39, 0.29) is 17.0 Å². The number of sulfonamides is 1. The van der Waals surface area contributed by atoms with E-state index in [1.807, 2.05) is 0 Å². The van der Waals surface area contributed by atoms with E-state index in [4.69, 9.17) is 5.73 Å². The number of carbonyl (C=O) groups excluding carboxylic acids is 1. The van der Waals surface area contributed by atoms with Crippen molar-refractivity contribution in [3.8, 4) is 0 Å². The van der Waals surface area contributed by atoms with Gasteiger partial charge in [-0.2, -0.15) is 4.31 Å². The molecule has 2 aliphatic rings. The van der Waals surface area contributed by atoms with Crippen LogP contribution in [0.2, 0.25) is 0 Å². The predicted molar refractivity (Wildman–Crippen MR) is 81.0 cm³/mol. The number of amides is 1. The van der Waals surface area contributed by atoms with Crippen molar-refractivity contribution in [2.24, 2.45) is 11.7 Å². The fourth-order valence-electron chi connectivity index (χ4n) is 3.31. The number of rotatable bonds is 4. The largest absolute Gasteiger partial charge is 0.369 e. The van der Waals surface area contributed by atoms with Crippen LogP contribution in [0.1, 0.15) is 12.8 Å². The van der Waals surface area contributed by atoms with Crippen LogP contribution in [0.25, 0.3) is 0 Å². The lowest BCUT2D eigenvalue weighted by molar-refractivity contribution is -0.122. The molecule has 2 heterocycles. The van der Waals surface area contributed by atoms with Crippen LogP contribution in [-0.2, 0) is 14.8 Å². The monoisotopic (exact) mass is 324 g/mol. The molecule has 7 nitrogen and oxygen atoms in total. The maximum atomic E-state index is 12.8. The molecule has 0 aromatic heterocycles. The maximum Gasteiger partial charge on any atom is 0.243 e. The summed E-state index contributed by atoms with van der Waals surface area (Å²) in [6, 6.07) is 7.83. The number of benzene rings is 1. The second-order valence-electron chi connectivity index (χ2n) is 5.70. The molecule has 4 N–H and O–H groups in total. The summed E-state index contributed by atoms with van der Waals surface area (Å²) in [4.78, 5) is 11.9. The molecule has 3 rings (SSSR count). The Kier molecular flexibility index (Phi) is 4.18. The first-order valence-electron chi connectivity index (χ1n) is 7.36. The third kappa shape index (κ3) is 2.63. The molecule has 2 aliphatic heterocycles. The van der Waals surface area contributed by atoms with Gasteiger partial charge in [-0.05, 0) is 25.0 Å². The van der Waals surface area contributed by atoms with E-state index in [9.17, 15) is 13.2 Å². The van der Waals surface area contributed by atoms with Crippen molar-refractivity contribution in [1.29, 1.82) is 0 Å². The van der Waals surface area contributed by atoms with Gasteiger partial charge in [-0.25, -0.2) is 8.42 Å². The second kappa shape index (κ2) is 5.96. The first kappa shape index (κ1) is 15.4. The lowest BCUT2D eigenvalue weighted by atomic mass is 9.94. The van der Waals surface area contributed by atoms with Gasteiger partial charge >= 0.3 is 0 Å². The van der Waals surface area contributed by atoms with E-state index in [0.717, 1.165) is 12.8 Å². The molecule has 2 fully saturated rings. The zero-order chi connectivity index (χ0) is 15.7. The van der Waals surface area contributed by atoms with Gasteiger partial charge in [-0.3, -0.25) is 15.6 Å². The van der Waals surface area contributed by atoms with Gasteiger partial charge < -0.3 is 5.73 Å². The summed E-state index contributed by atoms with van der Waals surface area (Å²) in [6.07, 6.45) is 1.50. The quantitative estimate of drug-likeness (QED) is 0.687. The molecule has 22 heavy (non-hydrogen) atoms. The number of hydrogen-bond donors (Lipinski definition) is 3. The van der Waals surface area contributed by atoms with Gasteiger partial charge in [0.05, 0.1) is 16.9 Å². The first-order chi connectivity index (χ1) is 10.5. The van der Waals surface area contributed by atoms with Gasteiger partial charge in [0.1, 0.15) is 0 Å². The number of primary amides is 1. The highest BCUT2D eigenvalue weighted by atomic mass is 32.2. The molecule has 1 aromatic rings. The number of nitrogens with one attached hydrogen (secondary N) is 2. The van der Waals surface area contributed by atoms with E-state index < -0.39 is 21.8 Å². The number of nitrogens with two attached hydrogens (primary N) is 1. The molecule has 1 amide bonds. The second-order valence-corrected chi connectivity index (χ2v) is 7.59. The van der Waals surface area contributed by atoms with E-state index >= 15 is 0 Å². The maximum absolute atomic E-state index is 12.8. The highest BCUT2D eigenvalue weighted by molar-refractivity contribution is 7.89. The van der Waals surface area contributed by atoms with Gasteiger partial charge in [0.15, 0.2) is 0 Å². The summed E-state index contributed by atoms with van der Waals surface area (Å²) in [5.41, 5.74) is 11.4. The Morgan fingerprint density at radius 3 is 2.68 bits per heavy atom. The molecule has 3 unspecified atom stereocenters. The zero-order valence-electron chi connectivity index (χ0n) is 12.1. The molecule has 0 aliphatic carbocycles. The zero-order valence-corrected chi connectivity index (χ0v) is 12.9. The Bertz CT molecular complexity index is 649. The first-order valence-corrected chi connectivity index (χ1v) is 8.80. The van der Waals surface area contributed by atoms with Gasteiger partial charge in [-0.15, -0.1) is 0 Å². The number of hydrogen-bond acceptors (Lipinski definition) is 5. The number of carbonyl (C=O) groups is 1. The predicted octanol–water partition coefficient (Wildman–Crippen LogP) is -0.582. The van der Waals surface area contributed by atoms with Crippen LogP contribution in [0.3, 0.4) is 0 Å². The van der Waals surface area contributed by atoms with E-state index in [1.165, 1.54) is 4.31 Å². The normalized spacial score (nSPS) is 29.7. The molecule has 0 spiro atoms. The molecule has 120 valence electrons. The Morgan fingerprint density at radius 2 is 2.00 bits per heavy atom. The molecule has 2 saturated heterocycles. The Balaban J connectivity index is 1.89. The van der Waals surface area contributed by atoms with Gasteiger partial charge in [0.2, 0.25) is 15.9 Å². The molecule has 0 bridgehead atoms. The van der Waals surface area contributed by atoms with Crippen LogP contribution in [0.4, 0.5) is 0 Å². The van der Waals surface area contributed by atoms with Gasteiger partial charge in [-0.1, -0.05) is 18.2 Å². The minimum Gasteiger partial charge on any atom is -0.369 e. The molecule has 1 aromatic carbocycles. The molecule has 3 atom stereocenters. The molecule has 0 radical (unpaired) electrons. The number of nitrogens with zero attached hydrogens (tertiary/aromatic N) is 1. The van der Waals surface area contributed by atoms with Crippen molar-refractivity contribution in [1.82, 2.24) is 15.2 Å². The smallest absolute Gasteiger partial charge is 0.243 e. The SMILES string of the molecule is NC(=O)C1CNNC1C1CCCN1S(=O)(=O)c1ccccc1. The average molecular weight is 324 g/mol. The third-order valence-electron chi connectivity index (χ3n) is 4.40. The fourth-order valence-corrected chi connectivity index (χ4v) is 5.04.